The molecule has 2 unspecified atom stereocenters. The predicted molar refractivity (Wildman–Crippen MR) is 71.4 cm³/mol. The molecule has 0 radical (unpaired) electrons. The first-order chi connectivity index (χ1) is 10.6. The van der Waals surface area contributed by atoms with Gasteiger partial charge in [-0.15, -0.1) is 0 Å². The van der Waals surface area contributed by atoms with Crippen molar-refractivity contribution in [2.75, 3.05) is 7.11 Å². The van der Waals surface area contributed by atoms with E-state index in [1.54, 1.807) is 0 Å². The van der Waals surface area contributed by atoms with Gasteiger partial charge in [-0.1, -0.05) is 0 Å². The molecule has 9 heteroatoms. The Morgan fingerprint density at radius 2 is 1.74 bits per heavy atom. The Kier molecular flexibility index (Phi) is 4.50. The van der Waals surface area contributed by atoms with Gasteiger partial charge in [-0.25, -0.2) is 30.7 Å². The molecule has 0 aliphatic heterocycles. The summed E-state index contributed by atoms with van der Waals surface area (Å²) in [5, 5.41) is 0. The zero-order valence-corrected chi connectivity index (χ0v) is 12.0. The van der Waals surface area contributed by atoms with Gasteiger partial charge in [-0.05, 0) is 18.5 Å². The molecule has 2 atom stereocenters. The molecule has 1 nitrogen and oxygen atoms in total. The Morgan fingerprint density at radius 3 is 2.30 bits per heavy atom. The zero-order valence-electron chi connectivity index (χ0n) is 12.0. The van der Waals surface area contributed by atoms with E-state index in [0.29, 0.717) is 6.92 Å². The smallest absolute Gasteiger partial charge is 0.208 e. The summed E-state index contributed by atoms with van der Waals surface area (Å²) in [5.74, 6) is -8.56. The first-order valence-corrected chi connectivity index (χ1v) is 6.40. The highest BCUT2D eigenvalue weighted by Crippen LogP contribution is 2.37. The maximum atomic E-state index is 13.9. The normalized spacial score (nSPS) is 24.6. The van der Waals surface area contributed by atoms with E-state index in [4.69, 9.17) is 0 Å². The summed E-state index contributed by atoms with van der Waals surface area (Å²) in [6.07, 6.45) is -2.62. The lowest BCUT2D eigenvalue weighted by Crippen LogP contribution is -2.36. The molecule has 0 amide bonds. The third-order valence-electron chi connectivity index (χ3n) is 3.48. The number of ether oxygens (including phenoxy) is 1. The molecule has 0 bridgehead atoms. The van der Waals surface area contributed by atoms with Crippen LogP contribution in [-0.2, 0) is 0 Å². The fraction of sp³-hybridized carbons (Fsp3) is 0.286. The van der Waals surface area contributed by atoms with Crippen molar-refractivity contribution in [2.45, 2.75) is 18.8 Å². The summed E-state index contributed by atoms with van der Waals surface area (Å²) in [7, 11) is -0.109. The molecular formula is C14H10BF7O. The van der Waals surface area contributed by atoms with Crippen LogP contribution in [0.5, 0.6) is 5.75 Å². The second-order valence-corrected chi connectivity index (χ2v) is 5.18. The summed E-state index contributed by atoms with van der Waals surface area (Å²) in [6, 6.07) is 0.200. The van der Waals surface area contributed by atoms with E-state index in [9.17, 15) is 30.7 Å². The molecular weight excluding hydrogens is 328 g/mol. The molecule has 1 aliphatic rings. The van der Waals surface area contributed by atoms with Crippen LogP contribution in [0.3, 0.4) is 0 Å². The van der Waals surface area contributed by atoms with E-state index in [2.05, 4.69) is 4.74 Å². The van der Waals surface area contributed by atoms with Crippen LogP contribution < -0.4 is 10.2 Å². The molecule has 0 aromatic heterocycles. The number of benzene rings is 1. The molecule has 124 valence electrons. The molecule has 0 heterocycles. The van der Waals surface area contributed by atoms with Gasteiger partial charge in [0.2, 0.25) is 7.28 Å². The fourth-order valence-electron chi connectivity index (χ4n) is 2.28. The minimum absolute atomic E-state index is 0.191. The molecule has 0 N–H and O–H groups in total. The van der Waals surface area contributed by atoms with Crippen molar-refractivity contribution < 1.29 is 35.5 Å². The van der Waals surface area contributed by atoms with Crippen molar-refractivity contribution in [2.24, 2.45) is 0 Å². The minimum Gasteiger partial charge on any atom is -0.494 e. The lowest BCUT2D eigenvalue weighted by molar-refractivity contribution is 0.114. The molecule has 0 saturated heterocycles. The lowest BCUT2D eigenvalue weighted by Gasteiger charge is -2.26. The van der Waals surface area contributed by atoms with Crippen molar-refractivity contribution in [1.29, 1.82) is 0 Å². The third kappa shape index (κ3) is 2.96. The monoisotopic (exact) mass is 338 g/mol. The summed E-state index contributed by atoms with van der Waals surface area (Å²) in [5.41, 5.74) is -4.80. The van der Waals surface area contributed by atoms with Crippen LogP contribution in [0.4, 0.5) is 30.7 Å². The van der Waals surface area contributed by atoms with Gasteiger partial charge >= 0.3 is 0 Å². The second-order valence-electron chi connectivity index (χ2n) is 5.18. The first-order valence-electron chi connectivity index (χ1n) is 6.40. The van der Waals surface area contributed by atoms with Crippen LogP contribution in [0.1, 0.15) is 6.92 Å². The molecule has 23 heavy (non-hydrogen) atoms. The summed E-state index contributed by atoms with van der Waals surface area (Å²) in [6.45, 7) is 0.622. The first kappa shape index (κ1) is 17.4. The van der Waals surface area contributed by atoms with Gasteiger partial charge < -0.3 is 4.74 Å². The Morgan fingerprint density at radius 1 is 1.13 bits per heavy atom. The van der Waals surface area contributed by atoms with Gasteiger partial charge in [0.25, 0.3) is 0 Å². The van der Waals surface area contributed by atoms with Crippen LogP contribution in [0, 0.1) is 17.5 Å². The number of hydrogen-bond donors (Lipinski definition) is 0. The molecule has 2 rings (SSSR count). The molecule has 0 fully saturated rings. The van der Waals surface area contributed by atoms with Crippen molar-refractivity contribution in [3.63, 3.8) is 0 Å². The van der Waals surface area contributed by atoms with Gasteiger partial charge in [0.1, 0.15) is 11.7 Å². The number of allylic oxidation sites excluding steroid dienone is 4. The van der Waals surface area contributed by atoms with E-state index >= 15 is 0 Å². The van der Waals surface area contributed by atoms with Gasteiger partial charge in [0.15, 0.2) is 35.0 Å². The Hall–Kier alpha value is -1.93. The third-order valence-corrected chi connectivity index (χ3v) is 3.48. The average Bonchev–Trinajstić information content (AvgIpc) is 2.46. The van der Waals surface area contributed by atoms with Crippen LogP contribution in [0.2, 0.25) is 0 Å². The zero-order chi connectivity index (χ0) is 17.5. The average molecular weight is 338 g/mol. The second kappa shape index (κ2) is 5.94. The van der Waals surface area contributed by atoms with Crippen molar-refractivity contribution in [3.8, 4) is 5.75 Å². The largest absolute Gasteiger partial charge is 0.494 e. The maximum absolute atomic E-state index is 13.9. The van der Waals surface area contributed by atoms with E-state index in [1.807, 2.05) is 0 Å². The SMILES string of the molecule is COc1c(F)cc(F)c(F)c1BC1=C(F)C(F)C(C)(F)C=C1F. The Labute approximate surface area is 127 Å². The molecule has 1 aliphatic carbocycles. The lowest BCUT2D eigenvalue weighted by atomic mass is 9.60. The van der Waals surface area contributed by atoms with Crippen molar-refractivity contribution in [1.82, 2.24) is 0 Å². The quantitative estimate of drug-likeness (QED) is 0.467. The fourth-order valence-corrected chi connectivity index (χ4v) is 2.28. The predicted octanol–water partition coefficient (Wildman–Crippen LogP) is 3.29. The maximum Gasteiger partial charge on any atom is 0.208 e. The van der Waals surface area contributed by atoms with Gasteiger partial charge in [-0.3, -0.25) is 0 Å². The number of halogens is 7. The van der Waals surface area contributed by atoms with Gasteiger partial charge in [0, 0.05) is 11.5 Å². The molecule has 1 aromatic carbocycles. The Balaban J connectivity index is 2.56. The number of alkyl halides is 2. The van der Waals surface area contributed by atoms with E-state index in [-0.39, 0.29) is 12.1 Å². The standard InChI is InChI=1S/C14H10BF7O/c1-14(22)4-7(18)8(11(20)13(14)21)15-9-10(19)5(16)3-6(17)12(9)23-2/h3-4,13,15H,1-2H3. The highest BCUT2D eigenvalue weighted by atomic mass is 19.2. The highest BCUT2D eigenvalue weighted by molar-refractivity contribution is 6.63. The highest BCUT2D eigenvalue weighted by Gasteiger charge is 2.43. The van der Waals surface area contributed by atoms with Crippen molar-refractivity contribution in [3.05, 3.63) is 46.7 Å². The Bertz CT molecular complexity index is 712. The summed E-state index contributed by atoms with van der Waals surface area (Å²) >= 11 is 0. The molecule has 0 saturated carbocycles. The topological polar surface area (TPSA) is 9.23 Å². The molecule has 1 aromatic rings. The number of hydrogen-bond acceptors (Lipinski definition) is 1. The van der Waals surface area contributed by atoms with E-state index in [1.165, 1.54) is 0 Å². The van der Waals surface area contributed by atoms with Crippen LogP contribution in [-0.4, -0.2) is 26.2 Å². The van der Waals surface area contributed by atoms with Gasteiger partial charge in [-0.2, -0.15) is 0 Å². The summed E-state index contributed by atoms with van der Waals surface area (Å²) < 4.78 is 100. The van der Waals surface area contributed by atoms with E-state index < -0.39 is 64.9 Å². The van der Waals surface area contributed by atoms with Crippen LogP contribution in [0.25, 0.3) is 0 Å². The van der Waals surface area contributed by atoms with Crippen LogP contribution in [0.15, 0.2) is 29.3 Å². The van der Waals surface area contributed by atoms with Gasteiger partial charge in [0.05, 0.1) is 7.11 Å². The van der Waals surface area contributed by atoms with E-state index in [0.717, 1.165) is 7.11 Å². The number of rotatable bonds is 3. The minimum atomic E-state index is -2.92. The molecule has 0 spiro atoms. The van der Waals surface area contributed by atoms with Crippen molar-refractivity contribution >= 4 is 12.7 Å². The summed E-state index contributed by atoms with van der Waals surface area (Å²) in [4.78, 5) is 0. The van der Waals surface area contributed by atoms with Crippen LogP contribution >= 0.6 is 0 Å². The number of methoxy groups -OCH3 is 1.